The molecule has 0 aromatic heterocycles. The summed E-state index contributed by atoms with van der Waals surface area (Å²) in [6, 6.07) is 5.90. The lowest BCUT2D eigenvalue weighted by Gasteiger charge is -2.21. The van der Waals surface area contributed by atoms with Gasteiger partial charge in [0, 0.05) is 6.07 Å². The fraction of sp³-hybridized carbons (Fsp3) is 0.462. The molecule has 2 N–H and O–H groups in total. The van der Waals surface area contributed by atoms with Crippen molar-refractivity contribution in [1.82, 2.24) is 0 Å². The van der Waals surface area contributed by atoms with E-state index in [-0.39, 0.29) is 5.82 Å². The van der Waals surface area contributed by atoms with Crippen molar-refractivity contribution >= 4 is 5.97 Å². The average molecular weight is 255 g/mol. The van der Waals surface area contributed by atoms with E-state index < -0.39 is 11.5 Å². The van der Waals surface area contributed by atoms with Gasteiger partial charge in [0.1, 0.15) is 17.1 Å². The Hall–Kier alpha value is -1.62. The molecule has 4 nitrogen and oxygen atoms in total. The highest BCUT2D eigenvalue weighted by Crippen LogP contribution is 2.14. The van der Waals surface area contributed by atoms with Crippen molar-refractivity contribution in [3.8, 4) is 5.75 Å². The summed E-state index contributed by atoms with van der Waals surface area (Å²) < 4.78 is 22.8. The number of ether oxygens (including phenoxy) is 2. The highest BCUT2D eigenvalue weighted by atomic mass is 19.1. The van der Waals surface area contributed by atoms with Gasteiger partial charge in [0.15, 0.2) is 0 Å². The summed E-state index contributed by atoms with van der Waals surface area (Å²) in [5.41, 5.74) is 4.77. The number of esters is 1. The number of hydrogen-bond acceptors (Lipinski definition) is 4. The smallest absolute Gasteiger partial charge is 0.325 e. The molecule has 0 saturated heterocycles. The van der Waals surface area contributed by atoms with Crippen molar-refractivity contribution in [2.75, 3.05) is 13.7 Å². The van der Waals surface area contributed by atoms with Gasteiger partial charge in [0.05, 0.1) is 13.7 Å². The van der Waals surface area contributed by atoms with Gasteiger partial charge in [-0.25, -0.2) is 4.39 Å². The molecule has 18 heavy (non-hydrogen) atoms. The van der Waals surface area contributed by atoms with Crippen LogP contribution in [0, 0.1) is 5.82 Å². The summed E-state index contributed by atoms with van der Waals surface area (Å²) in [7, 11) is 1.30. The third kappa shape index (κ3) is 4.33. The molecule has 0 aliphatic carbocycles. The summed E-state index contributed by atoms with van der Waals surface area (Å²) >= 11 is 0. The molecule has 0 radical (unpaired) electrons. The number of rotatable bonds is 6. The molecule has 1 atom stereocenters. The summed E-state index contributed by atoms with van der Waals surface area (Å²) in [5, 5.41) is 0. The number of nitrogens with two attached hydrogens (primary N) is 1. The lowest BCUT2D eigenvalue weighted by atomic mass is 9.98. The molecule has 0 fully saturated rings. The van der Waals surface area contributed by atoms with E-state index in [4.69, 9.17) is 10.5 Å². The number of carbonyl (C=O) groups excluding carboxylic acids is 1. The van der Waals surface area contributed by atoms with Gasteiger partial charge in [-0.2, -0.15) is 0 Å². The predicted octanol–water partition coefficient (Wildman–Crippen LogP) is 1.88. The van der Waals surface area contributed by atoms with E-state index >= 15 is 0 Å². The van der Waals surface area contributed by atoms with Gasteiger partial charge in [-0.05, 0) is 31.9 Å². The van der Waals surface area contributed by atoms with Crippen LogP contribution in [0.4, 0.5) is 4.39 Å². The molecule has 1 aromatic rings. The Kier molecular flexibility index (Phi) is 5.09. The summed E-state index contributed by atoms with van der Waals surface area (Å²) in [4.78, 5) is 11.3. The van der Waals surface area contributed by atoms with Crippen LogP contribution in [0.1, 0.15) is 19.8 Å². The Morgan fingerprint density at radius 3 is 2.83 bits per heavy atom. The van der Waals surface area contributed by atoms with Crippen molar-refractivity contribution in [2.24, 2.45) is 5.73 Å². The van der Waals surface area contributed by atoms with Crippen LogP contribution >= 0.6 is 0 Å². The van der Waals surface area contributed by atoms with E-state index in [0.717, 1.165) is 0 Å². The van der Waals surface area contributed by atoms with Crippen LogP contribution in [0.25, 0.3) is 0 Å². The maximum Gasteiger partial charge on any atom is 0.325 e. The first-order valence-corrected chi connectivity index (χ1v) is 5.71. The lowest BCUT2D eigenvalue weighted by Crippen LogP contribution is -2.45. The SMILES string of the molecule is COC(=O)C(C)(N)CCCOc1cccc(F)c1. The third-order valence-corrected chi connectivity index (χ3v) is 2.56. The van der Waals surface area contributed by atoms with Gasteiger partial charge in [0.25, 0.3) is 0 Å². The Balaban J connectivity index is 2.33. The molecule has 0 bridgehead atoms. The molecule has 1 unspecified atom stereocenters. The number of carbonyl (C=O) groups is 1. The van der Waals surface area contributed by atoms with Crippen molar-refractivity contribution in [2.45, 2.75) is 25.3 Å². The first-order chi connectivity index (χ1) is 8.45. The topological polar surface area (TPSA) is 61.5 Å². The second-order valence-corrected chi connectivity index (χ2v) is 4.32. The fourth-order valence-corrected chi connectivity index (χ4v) is 1.52. The fourth-order valence-electron chi connectivity index (χ4n) is 1.52. The average Bonchev–Trinajstić information content (AvgIpc) is 2.33. The molecular weight excluding hydrogens is 237 g/mol. The van der Waals surface area contributed by atoms with E-state index in [1.54, 1.807) is 19.1 Å². The minimum atomic E-state index is -1.01. The lowest BCUT2D eigenvalue weighted by molar-refractivity contribution is -0.146. The first kappa shape index (κ1) is 14.4. The van der Waals surface area contributed by atoms with Gasteiger partial charge < -0.3 is 15.2 Å². The van der Waals surface area contributed by atoms with Crippen LogP contribution in [0.15, 0.2) is 24.3 Å². The minimum Gasteiger partial charge on any atom is -0.493 e. The van der Waals surface area contributed by atoms with Gasteiger partial charge in [0.2, 0.25) is 0 Å². The molecule has 100 valence electrons. The predicted molar refractivity (Wildman–Crippen MR) is 65.7 cm³/mol. The first-order valence-electron chi connectivity index (χ1n) is 5.71. The molecule has 0 amide bonds. The van der Waals surface area contributed by atoms with E-state index in [9.17, 15) is 9.18 Å². The standard InChI is InChI=1S/C13H18FNO3/c1-13(15,12(16)17-2)7-4-8-18-11-6-3-5-10(14)9-11/h3,5-6,9H,4,7-8,15H2,1-2H3. The quantitative estimate of drug-likeness (QED) is 0.622. The molecule has 5 heteroatoms. The maximum atomic E-state index is 12.9. The minimum absolute atomic E-state index is 0.342. The third-order valence-electron chi connectivity index (χ3n) is 2.56. The zero-order valence-electron chi connectivity index (χ0n) is 10.6. The Bertz CT molecular complexity index is 407. The zero-order chi connectivity index (χ0) is 13.6. The normalized spacial score (nSPS) is 13.8. The molecule has 0 heterocycles. The molecule has 1 aromatic carbocycles. The number of halogens is 1. The van der Waals surface area contributed by atoms with E-state index in [0.29, 0.717) is 25.2 Å². The Labute approximate surface area is 106 Å². The van der Waals surface area contributed by atoms with Crippen molar-refractivity contribution in [3.63, 3.8) is 0 Å². The largest absolute Gasteiger partial charge is 0.493 e. The van der Waals surface area contributed by atoms with Gasteiger partial charge in [-0.15, -0.1) is 0 Å². The summed E-state index contributed by atoms with van der Waals surface area (Å²) in [6.07, 6.45) is 1.02. The summed E-state index contributed by atoms with van der Waals surface area (Å²) in [6.45, 7) is 1.98. The molecule has 0 aliphatic rings. The van der Waals surface area contributed by atoms with Crippen LogP contribution in [-0.4, -0.2) is 25.2 Å². The highest BCUT2D eigenvalue weighted by molar-refractivity contribution is 5.79. The molecule has 0 aliphatic heterocycles. The second-order valence-electron chi connectivity index (χ2n) is 4.32. The van der Waals surface area contributed by atoms with E-state index in [1.807, 2.05) is 0 Å². The van der Waals surface area contributed by atoms with Gasteiger partial charge in [-0.1, -0.05) is 6.07 Å². The van der Waals surface area contributed by atoms with Crippen molar-refractivity contribution < 1.29 is 18.7 Å². The number of methoxy groups -OCH3 is 1. The van der Waals surface area contributed by atoms with Crippen LogP contribution in [0.2, 0.25) is 0 Å². The van der Waals surface area contributed by atoms with E-state index in [1.165, 1.54) is 19.2 Å². The van der Waals surface area contributed by atoms with Crippen LogP contribution in [0.3, 0.4) is 0 Å². The molecule has 0 spiro atoms. The zero-order valence-corrected chi connectivity index (χ0v) is 10.6. The van der Waals surface area contributed by atoms with Gasteiger partial charge in [-0.3, -0.25) is 4.79 Å². The van der Waals surface area contributed by atoms with Crippen molar-refractivity contribution in [3.05, 3.63) is 30.1 Å². The summed E-state index contributed by atoms with van der Waals surface area (Å²) in [5.74, 6) is -0.328. The molecule has 0 saturated carbocycles. The second kappa shape index (κ2) is 6.35. The van der Waals surface area contributed by atoms with Crippen LogP contribution < -0.4 is 10.5 Å². The number of benzene rings is 1. The monoisotopic (exact) mass is 255 g/mol. The number of hydrogen-bond donors (Lipinski definition) is 1. The Morgan fingerprint density at radius 2 is 2.22 bits per heavy atom. The molecule has 1 rings (SSSR count). The van der Waals surface area contributed by atoms with Crippen LogP contribution in [-0.2, 0) is 9.53 Å². The molecular formula is C13H18FNO3. The van der Waals surface area contributed by atoms with Crippen molar-refractivity contribution in [1.29, 1.82) is 0 Å². The Morgan fingerprint density at radius 1 is 1.50 bits per heavy atom. The van der Waals surface area contributed by atoms with Gasteiger partial charge >= 0.3 is 5.97 Å². The highest BCUT2D eigenvalue weighted by Gasteiger charge is 2.28. The van der Waals surface area contributed by atoms with Crippen LogP contribution in [0.5, 0.6) is 5.75 Å². The van der Waals surface area contributed by atoms with E-state index in [2.05, 4.69) is 4.74 Å². The maximum absolute atomic E-state index is 12.9.